The number of pyridine rings is 1. The number of nitrogens with zero attached hydrogens (tertiary/aromatic N) is 3. The van der Waals surface area contributed by atoms with Crippen molar-refractivity contribution in [3.8, 4) is 0 Å². The van der Waals surface area contributed by atoms with Crippen molar-refractivity contribution in [2.45, 2.75) is 6.54 Å². The summed E-state index contributed by atoms with van der Waals surface area (Å²) in [5.74, 6) is -5.13. The van der Waals surface area contributed by atoms with Crippen LogP contribution >= 0.6 is 0 Å². The molecule has 0 saturated heterocycles. The number of carbonyl (C=O) groups is 1. The van der Waals surface area contributed by atoms with Gasteiger partial charge in [-0.1, -0.05) is 6.07 Å². The minimum atomic E-state index is -1.71. The summed E-state index contributed by atoms with van der Waals surface area (Å²) in [7, 11) is 0. The molecule has 0 saturated carbocycles. The molecule has 0 bridgehead atoms. The van der Waals surface area contributed by atoms with Crippen molar-refractivity contribution in [3.63, 3.8) is 0 Å². The molecule has 0 radical (unpaired) electrons. The van der Waals surface area contributed by atoms with E-state index in [1.165, 1.54) is 6.07 Å². The first-order valence-electron chi connectivity index (χ1n) is 7.46. The first-order chi connectivity index (χ1) is 12.5. The molecule has 1 amide bonds. The predicted molar refractivity (Wildman–Crippen MR) is 87.9 cm³/mol. The molecule has 26 heavy (non-hydrogen) atoms. The van der Waals surface area contributed by atoms with Crippen LogP contribution in [0.15, 0.2) is 48.8 Å². The molecular weight excluding hydrogens is 347 g/mol. The first kappa shape index (κ1) is 17.3. The maximum Gasteiger partial charge on any atom is 0.259 e. The van der Waals surface area contributed by atoms with Gasteiger partial charge in [-0.3, -0.25) is 9.78 Å². The van der Waals surface area contributed by atoms with Gasteiger partial charge in [0.15, 0.2) is 23.3 Å². The Morgan fingerprint density at radius 3 is 2.42 bits per heavy atom. The van der Waals surface area contributed by atoms with Gasteiger partial charge in [-0.25, -0.2) is 13.2 Å². The molecule has 0 aliphatic carbocycles. The Bertz CT molecular complexity index is 920. The molecule has 0 atom stereocenters. The van der Waals surface area contributed by atoms with E-state index in [4.69, 9.17) is 0 Å². The van der Waals surface area contributed by atoms with Gasteiger partial charge in [0.05, 0.1) is 5.56 Å². The van der Waals surface area contributed by atoms with Crippen LogP contribution in [-0.4, -0.2) is 21.1 Å². The maximum atomic E-state index is 13.6. The molecule has 2 aromatic heterocycles. The lowest BCUT2D eigenvalue weighted by Crippen LogP contribution is -2.16. The zero-order valence-corrected chi connectivity index (χ0v) is 13.2. The Morgan fingerprint density at radius 2 is 1.73 bits per heavy atom. The fraction of sp³-hybridized carbons (Fsp3) is 0.0588. The van der Waals surface area contributed by atoms with Crippen LogP contribution in [0.1, 0.15) is 15.9 Å². The highest BCUT2D eigenvalue weighted by Gasteiger charge is 2.19. The zero-order valence-electron chi connectivity index (χ0n) is 13.2. The quantitative estimate of drug-likeness (QED) is 0.684. The first-order valence-corrected chi connectivity index (χ1v) is 7.46. The summed E-state index contributed by atoms with van der Waals surface area (Å²) >= 11 is 0. The number of hydrogen-bond donors (Lipinski definition) is 2. The number of aromatic nitrogens is 3. The van der Waals surface area contributed by atoms with Crippen molar-refractivity contribution in [2.24, 2.45) is 0 Å². The van der Waals surface area contributed by atoms with Gasteiger partial charge in [0.1, 0.15) is 5.82 Å². The molecule has 6 nitrogen and oxygen atoms in total. The fourth-order valence-electron chi connectivity index (χ4n) is 2.07. The highest BCUT2D eigenvalue weighted by atomic mass is 19.2. The van der Waals surface area contributed by atoms with E-state index in [2.05, 4.69) is 25.8 Å². The normalized spacial score (nSPS) is 10.4. The fourth-order valence-corrected chi connectivity index (χ4v) is 2.07. The smallest absolute Gasteiger partial charge is 0.259 e. The molecular formula is C17H12F3N5O. The van der Waals surface area contributed by atoms with Gasteiger partial charge in [0, 0.05) is 18.9 Å². The van der Waals surface area contributed by atoms with Crippen LogP contribution in [0.2, 0.25) is 0 Å². The van der Waals surface area contributed by atoms with Crippen LogP contribution in [0.25, 0.3) is 0 Å². The third-order valence-electron chi connectivity index (χ3n) is 3.38. The van der Waals surface area contributed by atoms with E-state index in [1.807, 2.05) is 6.07 Å². The number of benzene rings is 1. The van der Waals surface area contributed by atoms with Gasteiger partial charge < -0.3 is 10.6 Å². The number of amides is 1. The summed E-state index contributed by atoms with van der Waals surface area (Å²) in [4.78, 5) is 16.0. The van der Waals surface area contributed by atoms with Gasteiger partial charge in [-0.2, -0.15) is 0 Å². The van der Waals surface area contributed by atoms with Crippen molar-refractivity contribution < 1.29 is 18.0 Å². The maximum absolute atomic E-state index is 13.6. The molecule has 0 fully saturated rings. The lowest BCUT2D eigenvalue weighted by molar-refractivity contribution is 0.102. The van der Waals surface area contributed by atoms with Crippen molar-refractivity contribution in [3.05, 3.63) is 77.4 Å². The van der Waals surface area contributed by atoms with E-state index in [-0.39, 0.29) is 5.82 Å². The number of carbonyl (C=O) groups excluding carboxylic acids is 1. The van der Waals surface area contributed by atoms with Crippen LogP contribution in [0.5, 0.6) is 0 Å². The van der Waals surface area contributed by atoms with E-state index < -0.39 is 28.9 Å². The molecule has 3 rings (SSSR count). The van der Waals surface area contributed by atoms with Gasteiger partial charge in [0.2, 0.25) is 0 Å². The largest absolute Gasteiger partial charge is 0.364 e. The summed E-state index contributed by atoms with van der Waals surface area (Å²) in [5, 5.41) is 12.9. The van der Waals surface area contributed by atoms with Crippen LogP contribution < -0.4 is 10.6 Å². The molecule has 1 aromatic carbocycles. The third kappa shape index (κ3) is 3.94. The van der Waals surface area contributed by atoms with E-state index in [0.29, 0.717) is 18.4 Å². The Labute approximate surface area is 146 Å². The van der Waals surface area contributed by atoms with Crippen LogP contribution in [0.4, 0.5) is 24.8 Å². The molecule has 3 aromatic rings. The van der Waals surface area contributed by atoms with Gasteiger partial charge in [-0.15, -0.1) is 10.2 Å². The zero-order chi connectivity index (χ0) is 18.5. The number of hydrogen-bond acceptors (Lipinski definition) is 5. The summed E-state index contributed by atoms with van der Waals surface area (Å²) in [6, 6.07) is 8.21. The summed E-state index contributed by atoms with van der Waals surface area (Å²) < 4.78 is 39.7. The molecule has 132 valence electrons. The Kier molecular flexibility index (Phi) is 5.07. The Balaban J connectivity index is 1.64. The SMILES string of the molecule is O=C(Nc1ccc(NCc2cccnc2)nn1)c1ccc(F)c(F)c1F. The van der Waals surface area contributed by atoms with E-state index in [0.717, 1.165) is 11.6 Å². The molecule has 0 aliphatic rings. The second kappa shape index (κ2) is 7.60. The second-order valence-electron chi connectivity index (χ2n) is 5.20. The standard InChI is InChI=1S/C17H12F3N5O/c18-12-4-3-11(15(19)16(12)20)17(26)23-14-6-5-13(24-25-14)22-9-10-2-1-7-21-8-10/h1-8H,9H2,(H,22,24)(H,23,25,26). The van der Waals surface area contributed by atoms with Gasteiger partial charge in [0.25, 0.3) is 5.91 Å². The van der Waals surface area contributed by atoms with Crippen molar-refractivity contribution in [1.82, 2.24) is 15.2 Å². The van der Waals surface area contributed by atoms with Gasteiger partial charge >= 0.3 is 0 Å². The van der Waals surface area contributed by atoms with Crippen molar-refractivity contribution >= 4 is 17.5 Å². The highest BCUT2D eigenvalue weighted by molar-refractivity contribution is 6.03. The number of rotatable bonds is 5. The minimum Gasteiger partial charge on any atom is -0.364 e. The average molecular weight is 359 g/mol. The summed E-state index contributed by atoms with van der Waals surface area (Å²) in [6.07, 6.45) is 3.36. The minimum absolute atomic E-state index is 0.0334. The Morgan fingerprint density at radius 1 is 0.962 bits per heavy atom. The van der Waals surface area contributed by atoms with Crippen molar-refractivity contribution in [1.29, 1.82) is 0 Å². The second-order valence-corrected chi connectivity index (χ2v) is 5.20. The van der Waals surface area contributed by atoms with Crippen LogP contribution in [0, 0.1) is 17.5 Å². The number of anilines is 2. The number of nitrogens with one attached hydrogen (secondary N) is 2. The Hall–Kier alpha value is -3.49. The van der Waals surface area contributed by atoms with Crippen LogP contribution in [-0.2, 0) is 6.54 Å². The summed E-state index contributed by atoms with van der Waals surface area (Å²) in [5.41, 5.74) is 0.310. The lowest BCUT2D eigenvalue weighted by atomic mass is 10.2. The van der Waals surface area contributed by atoms with E-state index in [9.17, 15) is 18.0 Å². The topological polar surface area (TPSA) is 79.8 Å². The van der Waals surface area contributed by atoms with Crippen LogP contribution in [0.3, 0.4) is 0 Å². The lowest BCUT2D eigenvalue weighted by Gasteiger charge is -2.07. The third-order valence-corrected chi connectivity index (χ3v) is 3.38. The molecule has 2 heterocycles. The molecule has 0 spiro atoms. The monoisotopic (exact) mass is 359 g/mol. The molecule has 9 heteroatoms. The molecule has 0 unspecified atom stereocenters. The van der Waals surface area contributed by atoms with Crippen molar-refractivity contribution in [2.75, 3.05) is 10.6 Å². The number of halogens is 3. The van der Waals surface area contributed by atoms with E-state index >= 15 is 0 Å². The molecule has 2 N–H and O–H groups in total. The predicted octanol–water partition coefficient (Wildman–Crippen LogP) is 3.15. The van der Waals surface area contributed by atoms with E-state index in [1.54, 1.807) is 24.5 Å². The highest BCUT2D eigenvalue weighted by Crippen LogP contribution is 2.16. The van der Waals surface area contributed by atoms with Gasteiger partial charge in [-0.05, 0) is 35.9 Å². The average Bonchev–Trinajstić information content (AvgIpc) is 2.66. The summed E-state index contributed by atoms with van der Waals surface area (Å²) in [6.45, 7) is 0.480. The molecule has 0 aliphatic heterocycles.